The molecule has 0 saturated carbocycles. The van der Waals surface area contributed by atoms with Crippen LogP contribution in [0.25, 0.3) is 28.2 Å². The van der Waals surface area contributed by atoms with Gasteiger partial charge in [0.05, 0.1) is 16.3 Å². The molecule has 0 amide bonds. The van der Waals surface area contributed by atoms with E-state index in [-0.39, 0.29) is 0 Å². The van der Waals surface area contributed by atoms with Gasteiger partial charge < -0.3 is 5.11 Å². The summed E-state index contributed by atoms with van der Waals surface area (Å²) in [6, 6.07) is 19.4. The number of hydrogen-bond acceptors (Lipinski definition) is 4. The fourth-order valence-electron chi connectivity index (χ4n) is 4.51. The third kappa shape index (κ3) is 5.01. The zero-order valence-corrected chi connectivity index (χ0v) is 22.8. The molecule has 0 fully saturated rings. The van der Waals surface area contributed by atoms with Gasteiger partial charge in [0.25, 0.3) is 0 Å². The monoisotopic (exact) mass is 502 g/mol. The molecule has 188 valence electrons. The molecule has 1 N–H and O–H groups in total. The standard InChI is InChI=1S/C30H34N2O3S/c1-19(2)25-13-8-10-20(3)28(25)32-18-27(30(5,6)33)31-29(32)26-15-14-23(16-21(26)4)22-11-9-12-24(17-22)36(7,34)35/h8-19,33H,1-7H3. The van der Waals surface area contributed by atoms with Crippen LogP contribution in [0.1, 0.15) is 56.0 Å². The summed E-state index contributed by atoms with van der Waals surface area (Å²) in [5, 5.41) is 10.8. The van der Waals surface area contributed by atoms with E-state index in [1.54, 1.807) is 32.0 Å². The van der Waals surface area contributed by atoms with Crippen molar-refractivity contribution in [1.29, 1.82) is 0 Å². The lowest BCUT2D eigenvalue weighted by molar-refractivity contribution is 0.0743. The van der Waals surface area contributed by atoms with Crippen molar-refractivity contribution in [2.75, 3.05) is 6.26 Å². The fourth-order valence-corrected chi connectivity index (χ4v) is 5.18. The van der Waals surface area contributed by atoms with Gasteiger partial charge in [0, 0.05) is 18.0 Å². The van der Waals surface area contributed by atoms with Crippen LogP contribution in [0.5, 0.6) is 0 Å². The van der Waals surface area contributed by atoms with E-state index in [9.17, 15) is 13.5 Å². The van der Waals surface area contributed by atoms with Crippen molar-refractivity contribution in [3.63, 3.8) is 0 Å². The van der Waals surface area contributed by atoms with E-state index in [0.29, 0.717) is 16.5 Å². The summed E-state index contributed by atoms with van der Waals surface area (Å²) in [7, 11) is -3.29. The van der Waals surface area contributed by atoms with Crippen molar-refractivity contribution in [2.24, 2.45) is 0 Å². The Kier molecular flexibility index (Phi) is 6.71. The second-order valence-electron chi connectivity index (χ2n) is 10.4. The third-order valence-corrected chi connectivity index (χ3v) is 7.64. The minimum Gasteiger partial charge on any atom is -0.384 e. The molecule has 0 spiro atoms. The number of nitrogens with zero attached hydrogens (tertiary/aromatic N) is 2. The molecule has 1 heterocycles. The molecule has 1 aromatic heterocycles. The van der Waals surface area contributed by atoms with E-state index >= 15 is 0 Å². The van der Waals surface area contributed by atoms with E-state index in [4.69, 9.17) is 4.98 Å². The molecule has 0 saturated heterocycles. The molecule has 0 aliphatic carbocycles. The first-order valence-electron chi connectivity index (χ1n) is 12.1. The molecule has 0 atom stereocenters. The van der Waals surface area contributed by atoms with Crippen molar-refractivity contribution < 1.29 is 13.5 Å². The summed E-state index contributed by atoms with van der Waals surface area (Å²) in [5.41, 5.74) is 6.65. The van der Waals surface area contributed by atoms with Crippen LogP contribution in [0.4, 0.5) is 0 Å². The highest BCUT2D eigenvalue weighted by Gasteiger charge is 2.25. The van der Waals surface area contributed by atoms with Gasteiger partial charge in [0.2, 0.25) is 0 Å². The highest BCUT2D eigenvalue weighted by molar-refractivity contribution is 7.90. The van der Waals surface area contributed by atoms with Gasteiger partial charge in [-0.3, -0.25) is 4.57 Å². The number of aryl methyl sites for hydroxylation is 2. The summed E-state index contributed by atoms with van der Waals surface area (Å²) in [6.07, 6.45) is 3.16. The van der Waals surface area contributed by atoms with Gasteiger partial charge in [-0.2, -0.15) is 0 Å². The van der Waals surface area contributed by atoms with Gasteiger partial charge in [-0.25, -0.2) is 13.4 Å². The Morgan fingerprint density at radius 3 is 2.19 bits per heavy atom. The summed E-state index contributed by atoms with van der Waals surface area (Å²) in [6.45, 7) is 12.0. The maximum atomic E-state index is 12.0. The number of aliphatic hydroxyl groups is 1. The zero-order chi connectivity index (χ0) is 26.4. The highest BCUT2D eigenvalue weighted by atomic mass is 32.2. The van der Waals surface area contributed by atoms with Crippen LogP contribution < -0.4 is 0 Å². The lowest BCUT2D eigenvalue weighted by Crippen LogP contribution is -2.15. The summed E-state index contributed by atoms with van der Waals surface area (Å²) >= 11 is 0. The average Bonchev–Trinajstić information content (AvgIpc) is 3.23. The average molecular weight is 503 g/mol. The summed E-state index contributed by atoms with van der Waals surface area (Å²) in [4.78, 5) is 5.21. The van der Waals surface area contributed by atoms with Crippen LogP contribution in [-0.2, 0) is 15.4 Å². The number of sulfone groups is 1. The van der Waals surface area contributed by atoms with Crippen LogP contribution in [0.15, 0.2) is 71.8 Å². The zero-order valence-electron chi connectivity index (χ0n) is 22.0. The Bertz CT molecular complexity index is 1540. The van der Waals surface area contributed by atoms with Crippen molar-refractivity contribution >= 4 is 9.84 Å². The second kappa shape index (κ2) is 9.34. The molecule has 0 radical (unpaired) electrons. The van der Waals surface area contributed by atoms with Gasteiger partial charge in [-0.05, 0) is 73.6 Å². The van der Waals surface area contributed by atoms with Crippen LogP contribution in [-0.4, -0.2) is 29.3 Å². The van der Waals surface area contributed by atoms with Crippen LogP contribution in [0.3, 0.4) is 0 Å². The van der Waals surface area contributed by atoms with Crippen LogP contribution in [0.2, 0.25) is 0 Å². The van der Waals surface area contributed by atoms with Gasteiger partial charge in [-0.1, -0.05) is 62.4 Å². The van der Waals surface area contributed by atoms with Gasteiger partial charge in [0.15, 0.2) is 9.84 Å². The maximum absolute atomic E-state index is 12.0. The Balaban J connectivity index is 1.91. The van der Waals surface area contributed by atoms with Crippen LogP contribution >= 0.6 is 0 Å². The molecule has 0 aliphatic heterocycles. The van der Waals surface area contributed by atoms with Gasteiger partial charge >= 0.3 is 0 Å². The molecule has 6 heteroatoms. The number of imidazole rings is 1. The maximum Gasteiger partial charge on any atom is 0.175 e. The summed E-state index contributed by atoms with van der Waals surface area (Å²) in [5.74, 6) is 1.07. The number of para-hydroxylation sites is 1. The second-order valence-corrected chi connectivity index (χ2v) is 12.4. The smallest absolute Gasteiger partial charge is 0.175 e. The molecule has 4 rings (SSSR count). The van der Waals surface area contributed by atoms with Gasteiger partial charge in [0.1, 0.15) is 11.4 Å². The number of hydrogen-bond donors (Lipinski definition) is 1. The van der Waals surface area contributed by atoms with Crippen molar-refractivity contribution in [2.45, 2.75) is 58.0 Å². The minimum atomic E-state index is -3.29. The molecule has 3 aromatic carbocycles. The molecular formula is C30H34N2O3S. The Hall–Kier alpha value is -3.22. The first kappa shape index (κ1) is 25.9. The molecule has 0 aliphatic rings. The minimum absolute atomic E-state index is 0.299. The molecule has 4 aromatic rings. The lowest BCUT2D eigenvalue weighted by Gasteiger charge is -2.19. The number of benzene rings is 3. The first-order valence-corrected chi connectivity index (χ1v) is 14.0. The fraction of sp³-hybridized carbons (Fsp3) is 0.300. The van der Waals surface area contributed by atoms with Crippen molar-refractivity contribution in [3.05, 3.63) is 89.2 Å². The van der Waals surface area contributed by atoms with E-state index in [2.05, 4.69) is 49.6 Å². The first-order chi connectivity index (χ1) is 16.8. The van der Waals surface area contributed by atoms with E-state index in [1.807, 2.05) is 31.3 Å². The quantitative estimate of drug-likeness (QED) is 0.323. The number of rotatable bonds is 6. The van der Waals surface area contributed by atoms with Gasteiger partial charge in [-0.15, -0.1) is 0 Å². The molecule has 5 nitrogen and oxygen atoms in total. The number of aromatic nitrogens is 2. The molecular weight excluding hydrogens is 468 g/mol. The van der Waals surface area contributed by atoms with E-state index in [0.717, 1.165) is 39.3 Å². The predicted octanol–water partition coefficient (Wildman–Crippen LogP) is 6.58. The highest BCUT2D eigenvalue weighted by Crippen LogP contribution is 2.35. The lowest BCUT2D eigenvalue weighted by atomic mass is 9.97. The normalized spacial score (nSPS) is 12.4. The Morgan fingerprint density at radius 1 is 0.917 bits per heavy atom. The Morgan fingerprint density at radius 2 is 1.58 bits per heavy atom. The molecule has 36 heavy (non-hydrogen) atoms. The largest absolute Gasteiger partial charge is 0.384 e. The van der Waals surface area contributed by atoms with Crippen molar-refractivity contribution in [3.8, 4) is 28.2 Å². The molecule has 0 bridgehead atoms. The third-order valence-electron chi connectivity index (χ3n) is 6.53. The SMILES string of the molecule is Cc1cc(-c2cccc(S(C)(=O)=O)c2)ccc1-c1nc(C(C)(C)O)cn1-c1c(C)cccc1C(C)C. The topological polar surface area (TPSA) is 72.2 Å². The van der Waals surface area contributed by atoms with E-state index in [1.165, 1.54) is 11.8 Å². The van der Waals surface area contributed by atoms with Crippen molar-refractivity contribution in [1.82, 2.24) is 9.55 Å². The Labute approximate surface area is 214 Å². The van der Waals surface area contributed by atoms with Crippen LogP contribution in [0, 0.1) is 13.8 Å². The van der Waals surface area contributed by atoms with E-state index < -0.39 is 15.4 Å². The summed E-state index contributed by atoms with van der Waals surface area (Å²) < 4.78 is 26.2. The molecule has 0 unspecified atom stereocenters. The predicted molar refractivity (Wildman–Crippen MR) is 146 cm³/mol.